The van der Waals surface area contributed by atoms with Crippen molar-refractivity contribution in [2.75, 3.05) is 0 Å². The van der Waals surface area contributed by atoms with Crippen molar-refractivity contribution in [1.82, 2.24) is 0 Å². The van der Waals surface area contributed by atoms with Crippen molar-refractivity contribution in [3.63, 3.8) is 0 Å². The average Bonchev–Trinajstić information content (AvgIpc) is 2.93. The zero-order valence-corrected chi connectivity index (χ0v) is 9.52. The van der Waals surface area contributed by atoms with E-state index in [4.69, 9.17) is 0 Å². The van der Waals surface area contributed by atoms with E-state index in [0.29, 0.717) is 0 Å². The molecule has 0 spiro atoms. The molecule has 0 saturated carbocycles. The van der Waals surface area contributed by atoms with Crippen LogP contribution in [0, 0.1) is 20.2 Å². The molecule has 2 aromatic carbocycles. The Bertz CT molecular complexity index is 406. The molecule has 0 atom stereocenters. The predicted octanol–water partition coefficient (Wildman–Crippen LogP) is 2.62. The number of rotatable bonds is 2. The van der Waals surface area contributed by atoms with Gasteiger partial charge in [-0.15, -0.1) is 12.1 Å². The molecule has 2 rings (SSSR count). The first kappa shape index (κ1) is 15.0. The van der Waals surface area contributed by atoms with Crippen molar-refractivity contribution < 1.29 is 26.6 Å². The van der Waals surface area contributed by atoms with Gasteiger partial charge in [-0.2, -0.15) is 4.92 Å². The second kappa shape index (κ2) is 7.31. The second-order valence-corrected chi connectivity index (χ2v) is 2.80. The summed E-state index contributed by atoms with van der Waals surface area (Å²) in [5, 5.41) is 19.7. The van der Waals surface area contributed by atoms with Crippen molar-refractivity contribution in [3.8, 4) is 0 Å². The van der Waals surface area contributed by atoms with Gasteiger partial charge < -0.3 is 30.0 Å². The summed E-state index contributed by atoms with van der Waals surface area (Å²) in [4.78, 5) is 18.9. The third kappa shape index (κ3) is 5.04. The monoisotopic (exact) mass is 279 g/mol. The van der Waals surface area contributed by atoms with Gasteiger partial charge in [0.2, 0.25) is 0 Å². The van der Waals surface area contributed by atoms with Crippen LogP contribution in [0.5, 0.6) is 0 Å². The average molecular weight is 279 g/mol. The maximum atomic E-state index is 9.87. The molecule has 0 bridgehead atoms. The van der Waals surface area contributed by atoms with Gasteiger partial charge in [0, 0.05) is 21.7 Å². The molecule has 0 N–H and O–H groups in total. The minimum atomic E-state index is -0.417. The Balaban J connectivity index is 0.000000284. The van der Waals surface area contributed by atoms with E-state index in [9.17, 15) is 20.2 Å². The summed E-state index contributed by atoms with van der Waals surface area (Å²) in [6, 6.07) is 12.4. The molecule has 1 radical (unpaired) electrons. The second-order valence-electron chi connectivity index (χ2n) is 2.80. The molecule has 6 nitrogen and oxygen atoms in total. The van der Waals surface area contributed by atoms with Gasteiger partial charge in [-0.1, -0.05) is 0 Å². The van der Waals surface area contributed by atoms with Crippen molar-refractivity contribution in [2.24, 2.45) is 0 Å². The zero-order valence-electron chi connectivity index (χ0n) is 8.48. The summed E-state index contributed by atoms with van der Waals surface area (Å²) in [5.41, 5.74) is 0.315. The van der Waals surface area contributed by atoms with Gasteiger partial charge in [0.15, 0.2) is 5.69 Å². The Morgan fingerprint density at radius 1 is 0.941 bits per heavy atom. The summed E-state index contributed by atoms with van der Waals surface area (Å²) in [5.74, 6) is 0. The molecule has 0 unspecified atom stereocenters. The minimum Gasteiger partial charge on any atom is -0.743 e. The minimum absolute atomic E-state index is 0. The molecule has 0 heterocycles. The zero-order chi connectivity index (χ0) is 12.0. The van der Waals surface area contributed by atoms with E-state index in [2.05, 4.69) is 0 Å². The van der Waals surface area contributed by atoms with Crippen LogP contribution >= 0.6 is 0 Å². The normalized spacial score (nSPS) is 8.47. The van der Waals surface area contributed by atoms with E-state index in [1.54, 1.807) is 24.3 Å². The van der Waals surface area contributed by atoms with E-state index in [1.807, 2.05) is 0 Å². The van der Waals surface area contributed by atoms with Crippen LogP contribution in [0.4, 0.5) is 11.4 Å². The van der Waals surface area contributed by atoms with Gasteiger partial charge in [0.25, 0.3) is 0 Å². The van der Waals surface area contributed by atoms with Crippen molar-refractivity contribution in [1.29, 1.82) is 0 Å². The number of hydrogen-bond acceptors (Lipinski definition) is 4. The van der Waals surface area contributed by atoms with Crippen LogP contribution in [0.25, 0.3) is 0 Å². The third-order valence-electron chi connectivity index (χ3n) is 1.71. The number of nitrogens with zero attached hydrogens (tertiary/aromatic N) is 2. The molecule has 0 saturated heterocycles. The van der Waals surface area contributed by atoms with Crippen molar-refractivity contribution in [2.45, 2.75) is 0 Å². The first-order chi connectivity index (χ1) is 7.61. The van der Waals surface area contributed by atoms with Gasteiger partial charge in [-0.3, -0.25) is 20.2 Å². The van der Waals surface area contributed by atoms with E-state index in [1.165, 1.54) is 24.3 Å². The molecule has 17 heavy (non-hydrogen) atoms. The molecule has 0 amide bonds. The van der Waals surface area contributed by atoms with Crippen LogP contribution in [-0.4, -0.2) is 9.85 Å². The third-order valence-corrected chi connectivity index (χ3v) is 1.71. The molecule has 0 aliphatic carbocycles. The quantitative estimate of drug-likeness (QED) is 0.480. The topological polar surface area (TPSA) is 86.3 Å². The largest absolute Gasteiger partial charge is 0.743 e. The Labute approximate surface area is 107 Å². The fourth-order valence-electron chi connectivity index (χ4n) is 0.971. The fourth-order valence-corrected chi connectivity index (χ4v) is 0.971. The van der Waals surface area contributed by atoms with Gasteiger partial charge in [-0.25, -0.2) is 12.1 Å². The van der Waals surface area contributed by atoms with E-state index < -0.39 is 9.85 Å². The van der Waals surface area contributed by atoms with Crippen molar-refractivity contribution >= 4 is 11.4 Å². The standard InChI is InChI=1S/2C5H4NO2.Co/c2*7-6(8)5-3-1-2-4-5;/h2*1-4H;/q-5;-1;. The molecule has 0 fully saturated rings. The van der Waals surface area contributed by atoms with Gasteiger partial charge in [0.1, 0.15) is 0 Å². The molecule has 0 aliphatic heterocycles. The first-order valence-corrected chi connectivity index (χ1v) is 4.33. The molecular formula is C10H8CoN2O4-6. The first-order valence-electron chi connectivity index (χ1n) is 4.33. The Morgan fingerprint density at radius 3 is 1.65 bits per heavy atom. The molecule has 2 aromatic rings. The molecule has 0 aliphatic rings. The van der Waals surface area contributed by atoms with E-state index in [0.717, 1.165) is 0 Å². The SMILES string of the molecule is O=[N+]([O-])[c-]1[cH-][cH-][cH-][cH-]1.O=[N+]([O-])[c-]1cccc1.[Co]. The van der Waals surface area contributed by atoms with Crippen molar-refractivity contribution in [3.05, 3.63) is 68.8 Å². The summed E-state index contributed by atoms with van der Waals surface area (Å²) in [7, 11) is 0. The van der Waals surface area contributed by atoms with E-state index >= 15 is 0 Å². The molecule has 97 valence electrons. The number of hydrogen-bond donors (Lipinski definition) is 0. The predicted molar refractivity (Wildman–Crippen MR) is 57.4 cm³/mol. The van der Waals surface area contributed by atoms with Gasteiger partial charge >= 0.3 is 0 Å². The van der Waals surface area contributed by atoms with Gasteiger partial charge in [-0.05, 0) is 0 Å². The van der Waals surface area contributed by atoms with E-state index in [-0.39, 0.29) is 28.2 Å². The summed E-state index contributed by atoms with van der Waals surface area (Å²) in [6.07, 6.45) is 0. The van der Waals surface area contributed by atoms with Crippen LogP contribution in [0.2, 0.25) is 0 Å². The van der Waals surface area contributed by atoms with Crippen LogP contribution in [-0.2, 0) is 16.8 Å². The number of nitro groups is 2. The summed E-state index contributed by atoms with van der Waals surface area (Å²) >= 11 is 0. The van der Waals surface area contributed by atoms with Crippen LogP contribution in [0.15, 0.2) is 48.5 Å². The molecule has 0 aromatic heterocycles. The molecular weight excluding hydrogens is 271 g/mol. The van der Waals surface area contributed by atoms with Crippen LogP contribution < -0.4 is 0 Å². The fraction of sp³-hybridized carbons (Fsp3) is 0. The maximum absolute atomic E-state index is 9.87. The van der Waals surface area contributed by atoms with Crippen LogP contribution in [0.1, 0.15) is 0 Å². The Hall–Kier alpha value is -1.99. The maximum Gasteiger partial charge on any atom is 0.161 e. The smallest absolute Gasteiger partial charge is 0.161 e. The summed E-state index contributed by atoms with van der Waals surface area (Å²) in [6.45, 7) is 0. The Morgan fingerprint density at radius 2 is 1.41 bits per heavy atom. The Kier molecular flexibility index (Phi) is 6.45. The van der Waals surface area contributed by atoms with Crippen LogP contribution in [0.3, 0.4) is 0 Å². The molecule has 7 heteroatoms. The summed E-state index contributed by atoms with van der Waals surface area (Å²) < 4.78 is 0. The van der Waals surface area contributed by atoms with Gasteiger partial charge in [0.05, 0.1) is 0 Å².